The molecule has 0 N–H and O–H groups in total. The van der Waals surface area contributed by atoms with Gasteiger partial charge in [0.1, 0.15) is 0 Å². The third kappa shape index (κ3) is 1.00. The van der Waals surface area contributed by atoms with Crippen molar-refractivity contribution in [1.82, 2.24) is 9.32 Å². The first kappa shape index (κ1) is 4.79. The third-order valence-corrected chi connectivity index (χ3v) is 1.54. The zero-order valence-electron chi connectivity index (χ0n) is 4.13. The Kier molecular flexibility index (Phi) is 1.42. The summed E-state index contributed by atoms with van der Waals surface area (Å²) < 4.78 is 2.04. The van der Waals surface area contributed by atoms with Gasteiger partial charge >= 0.3 is 0 Å². The normalized spacial score (nSPS) is 11.0. The molecule has 1 rings (SSSR count). The molecule has 0 aliphatic heterocycles. The van der Waals surface area contributed by atoms with Crippen LogP contribution in [0.15, 0.2) is 18.7 Å². The minimum atomic E-state index is 0.809. The van der Waals surface area contributed by atoms with E-state index in [0.29, 0.717) is 0 Å². The van der Waals surface area contributed by atoms with Gasteiger partial charge in [0.05, 0.1) is 6.33 Å². The van der Waals surface area contributed by atoms with Crippen LogP contribution < -0.4 is 0 Å². The first-order valence-corrected chi connectivity index (χ1v) is 3.54. The Hall–Kier alpha value is -0.360. The summed E-state index contributed by atoms with van der Waals surface area (Å²) in [4.78, 5) is 3.86. The van der Waals surface area contributed by atoms with Crippen molar-refractivity contribution in [2.45, 2.75) is 0 Å². The largest absolute Gasteiger partial charge is 0.319 e. The molecule has 1 aromatic heterocycles. The molecule has 7 heavy (non-hydrogen) atoms. The highest BCUT2D eigenvalue weighted by Crippen LogP contribution is 2.04. The van der Waals surface area contributed by atoms with Crippen LogP contribution in [0, 0.1) is 0 Å². The molecule has 2 nitrogen and oxygen atoms in total. The fourth-order valence-electron chi connectivity index (χ4n) is 0.391. The van der Waals surface area contributed by atoms with E-state index in [-0.39, 0.29) is 0 Å². The molecule has 0 spiro atoms. The number of aromatic nitrogens is 2. The fourth-order valence-corrected chi connectivity index (χ4v) is 0.789. The maximum atomic E-state index is 3.86. The second kappa shape index (κ2) is 2.08. The highest BCUT2D eigenvalue weighted by Gasteiger charge is 1.76. The van der Waals surface area contributed by atoms with Gasteiger partial charge in [-0.15, -0.1) is 0 Å². The van der Waals surface area contributed by atoms with E-state index < -0.39 is 0 Å². The predicted molar refractivity (Wildman–Crippen MR) is 31.9 cm³/mol. The van der Waals surface area contributed by atoms with E-state index in [4.69, 9.17) is 0 Å². The van der Waals surface area contributed by atoms with Crippen molar-refractivity contribution in [3.63, 3.8) is 0 Å². The molecular formula is C4H7N2P. The molecule has 0 radical (unpaired) electrons. The Balaban J connectivity index is 2.76. The zero-order chi connectivity index (χ0) is 5.11. The van der Waals surface area contributed by atoms with Gasteiger partial charge in [-0.1, -0.05) is 0 Å². The van der Waals surface area contributed by atoms with Crippen LogP contribution >= 0.6 is 8.73 Å². The van der Waals surface area contributed by atoms with Crippen LogP contribution in [-0.2, 0) is 0 Å². The fraction of sp³-hybridized carbons (Fsp3) is 0.250. The van der Waals surface area contributed by atoms with Crippen molar-refractivity contribution >= 4 is 8.73 Å². The third-order valence-electron chi connectivity index (χ3n) is 0.763. The molecule has 0 saturated heterocycles. The smallest absolute Gasteiger partial charge is 0.0977 e. The standard InChI is InChI=1S/C4H7N2P/c1-7-6-3-2-5-4-6/h2-4,7H,1H3. The summed E-state index contributed by atoms with van der Waals surface area (Å²) in [6.07, 6.45) is 5.56. The summed E-state index contributed by atoms with van der Waals surface area (Å²) in [7, 11) is 0.809. The van der Waals surface area contributed by atoms with E-state index in [9.17, 15) is 0 Å². The molecule has 0 aliphatic rings. The van der Waals surface area contributed by atoms with Gasteiger partial charge in [0, 0.05) is 12.4 Å². The summed E-state index contributed by atoms with van der Waals surface area (Å²) in [5, 5.41) is 0. The lowest BCUT2D eigenvalue weighted by Gasteiger charge is -1.87. The summed E-state index contributed by atoms with van der Waals surface area (Å²) in [6.45, 7) is 2.11. The Morgan fingerprint density at radius 2 is 2.57 bits per heavy atom. The van der Waals surface area contributed by atoms with E-state index in [0.717, 1.165) is 8.73 Å². The Morgan fingerprint density at radius 3 is 2.86 bits per heavy atom. The summed E-state index contributed by atoms with van der Waals surface area (Å²) in [6, 6.07) is 0. The number of hydrogen-bond donors (Lipinski definition) is 0. The molecule has 3 heteroatoms. The molecular weight excluding hydrogens is 107 g/mol. The Morgan fingerprint density at radius 1 is 1.71 bits per heavy atom. The average Bonchev–Trinajstić information content (AvgIpc) is 2.14. The quantitative estimate of drug-likeness (QED) is 0.497. The maximum absolute atomic E-state index is 3.86. The van der Waals surface area contributed by atoms with Crippen molar-refractivity contribution in [3.05, 3.63) is 18.7 Å². The second-order valence-electron chi connectivity index (χ2n) is 1.19. The van der Waals surface area contributed by atoms with Crippen LogP contribution in [0.2, 0.25) is 0 Å². The molecule has 1 aromatic rings. The van der Waals surface area contributed by atoms with Gasteiger partial charge < -0.3 is 4.34 Å². The van der Waals surface area contributed by atoms with Crippen LogP contribution in [0.4, 0.5) is 0 Å². The molecule has 1 atom stereocenters. The van der Waals surface area contributed by atoms with E-state index in [1.54, 1.807) is 6.20 Å². The molecule has 0 amide bonds. The Labute approximate surface area is 44.4 Å². The first-order valence-electron chi connectivity index (χ1n) is 2.09. The van der Waals surface area contributed by atoms with Crippen LogP contribution in [0.3, 0.4) is 0 Å². The second-order valence-corrected chi connectivity index (χ2v) is 2.16. The molecule has 0 aromatic carbocycles. The van der Waals surface area contributed by atoms with Crippen molar-refractivity contribution in [3.8, 4) is 0 Å². The van der Waals surface area contributed by atoms with Gasteiger partial charge in [0.2, 0.25) is 0 Å². The highest BCUT2D eigenvalue weighted by atomic mass is 31.1. The highest BCUT2D eigenvalue weighted by molar-refractivity contribution is 7.35. The topological polar surface area (TPSA) is 17.8 Å². The minimum Gasteiger partial charge on any atom is -0.319 e. The van der Waals surface area contributed by atoms with Crippen molar-refractivity contribution in [2.75, 3.05) is 6.66 Å². The van der Waals surface area contributed by atoms with Crippen LogP contribution in [0.25, 0.3) is 0 Å². The first-order chi connectivity index (χ1) is 3.43. The molecule has 0 bridgehead atoms. The van der Waals surface area contributed by atoms with Crippen LogP contribution in [0.5, 0.6) is 0 Å². The van der Waals surface area contributed by atoms with Gasteiger partial charge in [-0.25, -0.2) is 4.98 Å². The summed E-state index contributed by atoms with van der Waals surface area (Å²) >= 11 is 0. The van der Waals surface area contributed by atoms with E-state index in [1.807, 2.05) is 16.9 Å². The monoisotopic (exact) mass is 114 g/mol. The van der Waals surface area contributed by atoms with Gasteiger partial charge in [-0.05, 0) is 15.4 Å². The molecule has 0 fully saturated rings. The number of hydrogen-bond acceptors (Lipinski definition) is 1. The van der Waals surface area contributed by atoms with Crippen molar-refractivity contribution in [2.24, 2.45) is 0 Å². The molecule has 1 unspecified atom stereocenters. The van der Waals surface area contributed by atoms with Crippen molar-refractivity contribution < 1.29 is 0 Å². The number of nitrogens with zero attached hydrogens (tertiary/aromatic N) is 2. The minimum absolute atomic E-state index is 0.809. The molecule has 0 aliphatic carbocycles. The maximum Gasteiger partial charge on any atom is 0.0977 e. The van der Waals surface area contributed by atoms with Gasteiger partial charge in [0.15, 0.2) is 0 Å². The summed E-state index contributed by atoms with van der Waals surface area (Å²) in [5.74, 6) is 0. The lowest BCUT2D eigenvalue weighted by Crippen LogP contribution is -1.70. The predicted octanol–water partition coefficient (Wildman–Crippen LogP) is 0.954. The SMILES string of the molecule is CPn1ccnc1. The van der Waals surface area contributed by atoms with Crippen LogP contribution in [0.1, 0.15) is 0 Å². The van der Waals surface area contributed by atoms with E-state index in [2.05, 4.69) is 11.6 Å². The molecule has 0 saturated carbocycles. The average molecular weight is 114 g/mol. The van der Waals surface area contributed by atoms with Gasteiger partial charge in [0.25, 0.3) is 0 Å². The number of rotatable bonds is 1. The van der Waals surface area contributed by atoms with Gasteiger partial charge in [-0.3, -0.25) is 0 Å². The molecule has 1 heterocycles. The lowest BCUT2D eigenvalue weighted by molar-refractivity contribution is 1.22. The van der Waals surface area contributed by atoms with Crippen molar-refractivity contribution in [1.29, 1.82) is 0 Å². The van der Waals surface area contributed by atoms with Gasteiger partial charge in [-0.2, -0.15) is 0 Å². The van der Waals surface area contributed by atoms with Crippen LogP contribution in [-0.4, -0.2) is 16.0 Å². The summed E-state index contributed by atoms with van der Waals surface area (Å²) in [5.41, 5.74) is 0. The zero-order valence-corrected chi connectivity index (χ0v) is 5.13. The Bertz CT molecular complexity index is 124. The lowest BCUT2D eigenvalue weighted by atomic mass is 11.0. The molecule has 38 valence electrons. The van der Waals surface area contributed by atoms with E-state index in [1.165, 1.54) is 0 Å². The van der Waals surface area contributed by atoms with E-state index >= 15 is 0 Å². The number of imidazole rings is 1.